The van der Waals surface area contributed by atoms with Gasteiger partial charge in [0.1, 0.15) is 18.1 Å². The second-order valence-electron chi connectivity index (χ2n) is 9.58. The number of fused-ring (bicyclic) bond motifs is 2. The second kappa shape index (κ2) is 10.2. The van der Waals surface area contributed by atoms with Gasteiger partial charge in [0.25, 0.3) is 17.6 Å². The van der Waals surface area contributed by atoms with Crippen LogP contribution >= 0.6 is 0 Å². The highest BCUT2D eigenvalue weighted by Crippen LogP contribution is 2.53. The maximum atomic E-state index is 14.3. The summed E-state index contributed by atoms with van der Waals surface area (Å²) in [5.74, 6) is -1.85. The molecule has 1 unspecified atom stereocenters. The summed E-state index contributed by atoms with van der Waals surface area (Å²) in [7, 11) is 3.71. The number of carbonyl (C=O) groups is 3. The van der Waals surface area contributed by atoms with Crippen LogP contribution in [0.2, 0.25) is 0 Å². The van der Waals surface area contributed by atoms with E-state index in [9.17, 15) is 19.5 Å². The number of aryl methyl sites for hydroxylation is 1. The number of anilines is 1. The highest BCUT2D eigenvalue weighted by Gasteiger charge is 2.66. The molecular weight excluding hydrogens is 470 g/mol. The summed E-state index contributed by atoms with van der Waals surface area (Å²) in [6.45, 7) is 8.75. The fraction of sp³-hybridized carbons (Fsp3) is 0.345. The van der Waals surface area contributed by atoms with Crippen LogP contribution in [-0.2, 0) is 19.9 Å². The Labute approximate surface area is 217 Å². The van der Waals surface area contributed by atoms with Crippen LogP contribution in [0.3, 0.4) is 0 Å². The Bertz CT molecular complexity index is 1300. The molecule has 0 radical (unpaired) electrons. The summed E-state index contributed by atoms with van der Waals surface area (Å²) < 4.78 is 5.64. The molecule has 0 aliphatic carbocycles. The van der Waals surface area contributed by atoms with Gasteiger partial charge in [0.15, 0.2) is 5.54 Å². The Kier molecular flexibility index (Phi) is 7.23. The fourth-order valence-corrected chi connectivity index (χ4v) is 5.16. The quantitative estimate of drug-likeness (QED) is 0.244. The summed E-state index contributed by atoms with van der Waals surface area (Å²) in [5, 5.41) is 11.6. The van der Waals surface area contributed by atoms with E-state index in [-0.39, 0.29) is 17.9 Å². The predicted molar refractivity (Wildman–Crippen MR) is 142 cm³/mol. The topological polar surface area (TPSA) is 90.4 Å². The largest absolute Gasteiger partial charge is 0.507 e. The number of ketones is 1. The lowest BCUT2D eigenvalue weighted by Crippen LogP contribution is -2.53. The van der Waals surface area contributed by atoms with E-state index in [0.717, 1.165) is 5.56 Å². The lowest BCUT2D eigenvalue weighted by Gasteiger charge is -2.35. The fourth-order valence-electron chi connectivity index (χ4n) is 5.16. The number of hydrogen-bond acceptors (Lipinski definition) is 6. The second-order valence-corrected chi connectivity index (χ2v) is 9.58. The molecule has 194 valence electrons. The molecule has 8 heteroatoms. The molecule has 2 aromatic rings. The van der Waals surface area contributed by atoms with Crippen molar-refractivity contribution in [3.8, 4) is 5.75 Å². The number of likely N-dealkylation sites (tertiary alicyclic amines) is 1. The van der Waals surface area contributed by atoms with Crippen molar-refractivity contribution in [1.29, 1.82) is 0 Å². The van der Waals surface area contributed by atoms with Crippen molar-refractivity contribution in [2.45, 2.75) is 25.8 Å². The number of hydrogen-bond donors (Lipinski definition) is 1. The van der Waals surface area contributed by atoms with Crippen molar-refractivity contribution >= 4 is 29.0 Å². The Morgan fingerprint density at radius 1 is 1.14 bits per heavy atom. The first-order valence-electron chi connectivity index (χ1n) is 12.4. The van der Waals surface area contributed by atoms with E-state index in [0.29, 0.717) is 48.7 Å². The number of ether oxygens (including phenoxy) is 1. The molecule has 8 nitrogen and oxygen atoms in total. The SMILES string of the molecule is C=CCOc1ccc(/C(O)=C2/C(=O)C(=O)N(CCN(C)C)C23C(=O)N(CCC)c2ccccc23)cc1C. The number of aliphatic hydroxyl groups excluding tert-OH is 1. The zero-order chi connectivity index (χ0) is 26.9. The number of carbonyl (C=O) groups excluding carboxylic acids is 3. The Morgan fingerprint density at radius 2 is 1.86 bits per heavy atom. The van der Waals surface area contributed by atoms with Crippen LogP contribution < -0.4 is 9.64 Å². The van der Waals surface area contributed by atoms with E-state index in [4.69, 9.17) is 4.74 Å². The summed E-state index contributed by atoms with van der Waals surface area (Å²) >= 11 is 0. The van der Waals surface area contributed by atoms with E-state index in [1.165, 1.54) is 4.90 Å². The third-order valence-electron chi connectivity index (χ3n) is 6.83. The molecule has 0 saturated carbocycles. The van der Waals surface area contributed by atoms with E-state index in [1.54, 1.807) is 41.3 Å². The van der Waals surface area contributed by atoms with Gasteiger partial charge in [0.2, 0.25) is 0 Å². The van der Waals surface area contributed by atoms with Crippen molar-refractivity contribution in [2.24, 2.45) is 0 Å². The lowest BCUT2D eigenvalue weighted by atomic mass is 9.81. The van der Waals surface area contributed by atoms with Crippen LogP contribution in [-0.4, -0.2) is 72.8 Å². The van der Waals surface area contributed by atoms with Gasteiger partial charge < -0.3 is 24.5 Å². The van der Waals surface area contributed by atoms with E-state index in [2.05, 4.69) is 6.58 Å². The minimum atomic E-state index is -1.74. The van der Waals surface area contributed by atoms with Gasteiger partial charge in [-0.2, -0.15) is 0 Å². The third kappa shape index (κ3) is 4.11. The average Bonchev–Trinajstić information content (AvgIpc) is 3.25. The highest BCUT2D eigenvalue weighted by molar-refractivity contribution is 6.50. The minimum Gasteiger partial charge on any atom is -0.507 e. The van der Waals surface area contributed by atoms with Gasteiger partial charge >= 0.3 is 0 Å². The van der Waals surface area contributed by atoms with Crippen LogP contribution in [0.4, 0.5) is 5.69 Å². The van der Waals surface area contributed by atoms with Gasteiger partial charge in [-0.05, 0) is 57.3 Å². The zero-order valence-electron chi connectivity index (χ0n) is 21.8. The van der Waals surface area contributed by atoms with Crippen LogP contribution in [0.25, 0.3) is 5.76 Å². The highest BCUT2D eigenvalue weighted by atomic mass is 16.5. The number of likely N-dealkylation sites (N-methyl/N-ethyl adjacent to an activating group) is 1. The number of amides is 2. The maximum absolute atomic E-state index is 14.3. The zero-order valence-corrected chi connectivity index (χ0v) is 21.8. The molecular formula is C29H33N3O5. The summed E-state index contributed by atoms with van der Waals surface area (Å²) in [6, 6.07) is 12.2. The molecule has 4 rings (SSSR count). The Morgan fingerprint density at radius 3 is 2.51 bits per heavy atom. The van der Waals surface area contributed by atoms with Crippen LogP contribution in [0, 0.1) is 6.92 Å². The molecule has 2 aliphatic heterocycles. The molecule has 37 heavy (non-hydrogen) atoms. The Hall–Kier alpha value is -3.91. The van der Waals surface area contributed by atoms with Crippen LogP contribution in [0.1, 0.15) is 30.0 Å². The predicted octanol–water partition coefficient (Wildman–Crippen LogP) is 3.45. The van der Waals surface area contributed by atoms with Crippen molar-refractivity contribution in [3.05, 3.63) is 77.4 Å². The normalized spacial score (nSPS) is 20.3. The van der Waals surface area contributed by atoms with Crippen molar-refractivity contribution in [2.75, 3.05) is 45.2 Å². The Balaban J connectivity index is 1.98. The molecule has 1 spiro atoms. The minimum absolute atomic E-state index is 0.141. The molecule has 1 fully saturated rings. The van der Waals surface area contributed by atoms with Gasteiger partial charge in [-0.15, -0.1) is 0 Å². The molecule has 0 bridgehead atoms. The first-order chi connectivity index (χ1) is 17.7. The van der Waals surface area contributed by atoms with Gasteiger partial charge in [0.05, 0.1) is 11.3 Å². The first kappa shape index (κ1) is 26.2. The number of benzene rings is 2. The summed E-state index contributed by atoms with van der Waals surface area (Å²) in [6.07, 6.45) is 2.32. The van der Waals surface area contributed by atoms with Crippen LogP contribution in [0.15, 0.2) is 60.7 Å². The number of Topliss-reactive ketones (excluding diaryl/α,β-unsaturated/α-hetero) is 1. The van der Waals surface area contributed by atoms with E-state index in [1.807, 2.05) is 45.0 Å². The number of rotatable bonds is 9. The average molecular weight is 504 g/mol. The number of para-hydroxylation sites is 1. The first-order valence-corrected chi connectivity index (χ1v) is 12.4. The maximum Gasteiger partial charge on any atom is 0.296 e. The summed E-state index contributed by atoms with van der Waals surface area (Å²) in [5.41, 5.74) is 0.273. The van der Waals surface area contributed by atoms with E-state index < -0.39 is 23.1 Å². The molecule has 2 amide bonds. The monoisotopic (exact) mass is 503 g/mol. The molecule has 2 aromatic carbocycles. The summed E-state index contributed by atoms with van der Waals surface area (Å²) in [4.78, 5) is 46.3. The molecule has 0 aromatic heterocycles. The molecule has 1 N–H and O–H groups in total. The van der Waals surface area contributed by atoms with Gasteiger partial charge in [0, 0.05) is 30.8 Å². The van der Waals surface area contributed by atoms with Gasteiger partial charge in [-0.1, -0.05) is 37.8 Å². The lowest BCUT2D eigenvalue weighted by molar-refractivity contribution is -0.143. The molecule has 2 aliphatic rings. The van der Waals surface area contributed by atoms with Crippen LogP contribution in [0.5, 0.6) is 5.75 Å². The van der Waals surface area contributed by atoms with Crippen molar-refractivity contribution < 1.29 is 24.2 Å². The third-order valence-corrected chi connectivity index (χ3v) is 6.83. The number of aliphatic hydroxyl groups is 1. The molecule has 1 atom stereocenters. The smallest absolute Gasteiger partial charge is 0.296 e. The van der Waals surface area contributed by atoms with Gasteiger partial charge in [-0.3, -0.25) is 14.4 Å². The van der Waals surface area contributed by atoms with Crippen molar-refractivity contribution in [1.82, 2.24) is 9.80 Å². The standard InChI is InChI=1S/C29H33N3O5/c1-6-14-31-22-11-9-8-10-21(22)29(28(31)36)24(26(34)27(35)32(29)16-15-30(4)5)25(33)20-12-13-23(19(3)18-20)37-17-7-2/h7-13,18,33H,2,6,14-17H2,1,3-5H3/b25-24+. The number of nitrogens with zero attached hydrogens (tertiary/aromatic N) is 3. The van der Waals surface area contributed by atoms with Crippen molar-refractivity contribution in [3.63, 3.8) is 0 Å². The van der Waals surface area contributed by atoms with E-state index >= 15 is 0 Å². The molecule has 1 saturated heterocycles. The molecule has 2 heterocycles. The van der Waals surface area contributed by atoms with Gasteiger partial charge in [-0.25, -0.2) is 0 Å².